The van der Waals surface area contributed by atoms with Gasteiger partial charge in [0.1, 0.15) is 11.4 Å². The van der Waals surface area contributed by atoms with Crippen molar-refractivity contribution in [3.63, 3.8) is 0 Å². The Morgan fingerprint density at radius 1 is 1.23 bits per heavy atom. The van der Waals surface area contributed by atoms with Gasteiger partial charge in [-0.1, -0.05) is 34.6 Å². The van der Waals surface area contributed by atoms with Gasteiger partial charge in [-0.15, -0.1) is 0 Å². The fourth-order valence-electron chi connectivity index (χ4n) is 2.47. The van der Waals surface area contributed by atoms with E-state index in [1.165, 1.54) is 0 Å². The third-order valence-corrected chi connectivity index (χ3v) is 10.9. The molecule has 0 aliphatic rings. The highest BCUT2D eigenvalue weighted by molar-refractivity contribution is 9.10. The normalized spacial score (nSPS) is 15.7. The highest BCUT2D eigenvalue weighted by atomic mass is 79.9. The third kappa shape index (κ3) is 4.68. The molecule has 0 saturated heterocycles. The van der Waals surface area contributed by atoms with Gasteiger partial charge in [0.2, 0.25) is 0 Å². The van der Waals surface area contributed by atoms with Crippen molar-refractivity contribution in [2.24, 2.45) is 5.41 Å². The monoisotopic (exact) mass is 447 g/mol. The summed E-state index contributed by atoms with van der Waals surface area (Å²) >= 11 is 3.49. The first kappa shape index (κ1) is 23.6. The maximum absolute atomic E-state index is 10.5. The minimum atomic E-state index is -2.19. The average molecular weight is 448 g/mol. The Bertz CT molecular complexity index is 629. The van der Waals surface area contributed by atoms with Crippen LogP contribution in [0.5, 0.6) is 5.75 Å². The van der Waals surface area contributed by atoms with Crippen molar-refractivity contribution in [1.29, 1.82) is 0 Å². The Hall–Kier alpha value is -0.473. The van der Waals surface area contributed by atoms with Crippen LogP contribution in [0.1, 0.15) is 52.0 Å². The summed E-state index contributed by atoms with van der Waals surface area (Å²) in [5, 5.41) is 20.1. The van der Waals surface area contributed by atoms with Crippen molar-refractivity contribution in [1.82, 2.24) is 4.98 Å². The molecule has 0 radical (unpaired) electrons. The first-order valence-electron chi connectivity index (χ1n) is 8.86. The molecule has 2 N–H and O–H groups in total. The van der Waals surface area contributed by atoms with Gasteiger partial charge in [0.25, 0.3) is 0 Å². The zero-order valence-corrected chi connectivity index (χ0v) is 20.1. The third-order valence-electron chi connectivity index (χ3n) is 5.63. The van der Waals surface area contributed by atoms with Crippen LogP contribution in [0.2, 0.25) is 18.1 Å². The molecule has 0 aromatic carbocycles. The van der Waals surface area contributed by atoms with Crippen molar-refractivity contribution in [2.45, 2.75) is 71.9 Å². The van der Waals surface area contributed by atoms with Crippen molar-refractivity contribution in [3.8, 4) is 5.75 Å². The van der Waals surface area contributed by atoms with E-state index in [1.807, 2.05) is 20.8 Å². The summed E-state index contributed by atoms with van der Waals surface area (Å²) in [6, 6.07) is 0. The molecule has 26 heavy (non-hydrogen) atoms. The van der Waals surface area contributed by atoms with Crippen LogP contribution >= 0.6 is 15.9 Å². The summed E-state index contributed by atoms with van der Waals surface area (Å²) < 4.78 is 13.2. The maximum Gasteiger partial charge on any atom is 0.193 e. The Morgan fingerprint density at radius 2 is 1.77 bits per heavy atom. The van der Waals surface area contributed by atoms with E-state index >= 15 is 0 Å². The average Bonchev–Trinajstić information content (AvgIpc) is 2.53. The Morgan fingerprint density at radius 3 is 2.19 bits per heavy atom. The number of ether oxygens (including phenoxy) is 1. The lowest BCUT2D eigenvalue weighted by atomic mass is 9.79. The topological polar surface area (TPSA) is 71.8 Å². The van der Waals surface area contributed by atoms with E-state index in [9.17, 15) is 10.2 Å². The molecule has 0 aliphatic heterocycles. The zero-order chi connectivity index (χ0) is 20.5. The molecule has 7 heteroatoms. The summed E-state index contributed by atoms with van der Waals surface area (Å²) in [4.78, 5) is 4.59. The van der Waals surface area contributed by atoms with Gasteiger partial charge in [-0.2, -0.15) is 0 Å². The predicted molar refractivity (Wildman–Crippen MR) is 111 cm³/mol. The summed E-state index contributed by atoms with van der Waals surface area (Å²) in [5.74, 6) is 0.640. The number of aromatic nitrogens is 1. The van der Waals surface area contributed by atoms with Gasteiger partial charge in [-0.3, -0.25) is 4.98 Å². The van der Waals surface area contributed by atoms with E-state index in [4.69, 9.17) is 9.16 Å². The van der Waals surface area contributed by atoms with Crippen molar-refractivity contribution < 1.29 is 19.4 Å². The van der Waals surface area contributed by atoms with Gasteiger partial charge in [0, 0.05) is 21.6 Å². The smallest absolute Gasteiger partial charge is 0.193 e. The van der Waals surface area contributed by atoms with Crippen LogP contribution in [0.25, 0.3) is 0 Å². The minimum absolute atomic E-state index is 0.0108. The highest BCUT2D eigenvalue weighted by Crippen LogP contribution is 2.48. The molecule has 0 saturated carbocycles. The molecule has 0 spiro atoms. The number of aliphatic hydroxyl groups is 2. The fraction of sp³-hybridized carbons (Fsp3) is 0.737. The van der Waals surface area contributed by atoms with Crippen molar-refractivity contribution in [2.75, 3.05) is 13.7 Å². The number of hydrogen-bond donors (Lipinski definition) is 2. The molecule has 1 aromatic heterocycles. The first-order valence-corrected chi connectivity index (χ1v) is 12.6. The Kier molecular flexibility index (Phi) is 7.49. The lowest BCUT2D eigenvalue weighted by Gasteiger charge is -2.45. The van der Waals surface area contributed by atoms with Crippen LogP contribution in [0.15, 0.2) is 10.7 Å². The van der Waals surface area contributed by atoms with Gasteiger partial charge >= 0.3 is 0 Å². The molecular weight excluding hydrogens is 414 g/mol. The van der Waals surface area contributed by atoms with Gasteiger partial charge in [-0.25, -0.2) is 0 Å². The van der Waals surface area contributed by atoms with E-state index in [-0.39, 0.29) is 11.6 Å². The number of nitrogens with zero attached hydrogens (tertiary/aromatic N) is 1. The van der Waals surface area contributed by atoms with E-state index in [2.05, 4.69) is 54.8 Å². The van der Waals surface area contributed by atoms with Crippen LogP contribution in [0.3, 0.4) is 0 Å². The second kappa shape index (κ2) is 8.27. The van der Waals surface area contributed by atoms with Crippen LogP contribution in [0, 0.1) is 12.3 Å². The van der Waals surface area contributed by atoms with Crippen LogP contribution in [-0.4, -0.2) is 43.3 Å². The molecule has 0 fully saturated rings. The number of halogens is 1. The number of hydrogen-bond acceptors (Lipinski definition) is 5. The number of methoxy groups -OCH3 is 1. The molecule has 1 rings (SSSR count). The summed E-state index contributed by atoms with van der Waals surface area (Å²) in [6.07, 6.45) is 0.261. The molecule has 1 aromatic rings. The molecular formula is C19H34BrNO4Si. The highest BCUT2D eigenvalue weighted by Gasteiger charge is 2.47. The van der Waals surface area contributed by atoms with E-state index in [0.29, 0.717) is 11.4 Å². The molecule has 150 valence electrons. The summed E-state index contributed by atoms with van der Waals surface area (Å²) in [6.45, 7) is 16.2. The predicted octanol–water partition coefficient (Wildman–Crippen LogP) is 4.60. The van der Waals surface area contributed by atoms with Crippen molar-refractivity contribution >= 4 is 24.2 Å². The van der Waals surface area contributed by atoms with Crippen LogP contribution in [0.4, 0.5) is 0 Å². The van der Waals surface area contributed by atoms with E-state index in [0.717, 1.165) is 10.0 Å². The maximum atomic E-state index is 10.5. The molecule has 5 nitrogen and oxygen atoms in total. The van der Waals surface area contributed by atoms with Gasteiger partial charge in [-0.05, 0) is 41.0 Å². The van der Waals surface area contributed by atoms with Gasteiger partial charge < -0.3 is 19.4 Å². The SMILES string of the molecule is COc1c(C(O[Si](C)(C)C(C)(C)C)C(C)(C)C(O)CO)ncc(Br)c1C. The fourth-order valence-corrected chi connectivity index (χ4v) is 4.11. The Balaban J connectivity index is 3.60. The lowest BCUT2D eigenvalue weighted by molar-refractivity contribution is -0.0672. The molecule has 0 amide bonds. The summed E-state index contributed by atoms with van der Waals surface area (Å²) in [7, 11) is -0.576. The first-order chi connectivity index (χ1) is 11.7. The zero-order valence-electron chi connectivity index (χ0n) is 17.5. The summed E-state index contributed by atoms with van der Waals surface area (Å²) in [5.41, 5.74) is 0.816. The molecule has 0 bridgehead atoms. The molecule has 2 unspecified atom stereocenters. The van der Waals surface area contributed by atoms with E-state index in [1.54, 1.807) is 13.3 Å². The second-order valence-electron chi connectivity index (χ2n) is 8.93. The van der Waals surface area contributed by atoms with Gasteiger partial charge in [0.15, 0.2) is 8.32 Å². The quantitative estimate of drug-likeness (QED) is 0.597. The number of rotatable bonds is 7. The lowest BCUT2D eigenvalue weighted by Crippen LogP contribution is -2.48. The Labute approximate surface area is 167 Å². The molecule has 1 heterocycles. The standard InChI is InChI=1S/C19H34BrNO4Si/c1-12-13(20)10-21-15(16(12)24-7)17(19(5,6)14(23)11-22)25-26(8,9)18(2,3)4/h10,14,17,22-23H,11H2,1-9H3. The van der Waals surface area contributed by atoms with Gasteiger partial charge in [0.05, 0.1) is 25.9 Å². The van der Waals surface area contributed by atoms with Crippen LogP contribution in [-0.2, 0) is 4.43 Å². The van der Waals surface area contributed by atoms with E-state index < -0.39 is 25.9 Å². The van der Waals surface area contributed by atoms with Crippen molar-refractivity contribution in [3.05, 3.63) is 21.9 Å². The largest absolute Gasteiger partial charge is 0.494 e. The molecule has 0 aliphatic carbocycles. The number of aliphatic hydroxyl groups excluding tert-OH is 2. The van der Waals surface area contributed by atoms with Crippen LogP contribution < -0.4 is 4.74 Å². The number of pyridine rings is 1. The molecule has 2 atom stereocenters. The minimum Gasteiger partial charge on any atom is -0.494 e. The second-order valence-corrected chi connectivity index (χ2v) is 14.5.